The lowest BCUT2D eigenvalue weighted by molar-refractivity contribution is -0.145. The third-order valence-electron chi connectivity index (χ3n) is 18.0. The molecule has 0 saturated heterocycles. The second-order valence-corrected chi connectivity index (χ2v) is 32.3. The maximum Gasteiger partial charge on any atom is 0.410 e. The van der Waals surface area contributed by atoms with Gasteiger partial charge in [-0.25, -0.2) is 24.7 Å². The Morgan fingerprint density at radius 3 is 1.07 bits per heavy atom. The SMILES string of the molecule is C.CC(C)(N)C(NC(=O)c1ccc(C#CC#Cc2ccc(CCC3CC3)cc2)cc1)C(=O)NO.COC(=O)C(NC(=O)c1ccc(C#CC#Cc2ccc(CCC3CC3)cc2)cc1)C(C)(C)N.COC(=O)C(NC(=O)c1ccc(C#CC#Cc2ccc(CN(C(=O)OC(C)(C)C)C3CC3)cc2)cc1)C(C)(C)NC(=O)OC(C)(C)C.N=NN=NCl. The Kier molecular flexibility index (Phi) is 37.8. The molecule has 119 heavy (non-hydrogen) atoms. The molecule has 626 valence electrons. The van der Waals surface area contributed by atoms with E-state index in [-0.39, 0.29) is 25.1 Å². The zero-order valence-corrected chi connectivity index (χ0v) is 70.0. The van der Waals surface area contributed by atoms with Crippen LogP contribution >= 0.6 is 11.8 Å². The van der Waals surface area contributed by atoms with Crippen LogP contribution < -0.4 is 38.2 Å². The molecule has 0 aromatic heterocycles. The van der Waals surface area contributed by atoms with E-state index in [1.165, 1.54) is 69.4 Å². The quantitative estimate of drug-likeness (QED) is 0.00719. The van der Waals surface area contributed by atoms with Crippen molar-refractivity contribution in [3.63, 3.8) is 0 Å². The Balaban J connectivity index is 0.000000314. The Hall–Kier alpha value is -12.6. The van der Waals surface area contributed by atoms with Gasteiger partial charge in [0.15, 0.2) is 0 Å². The first-order chi connectivity index (χ1) is 55.8. The maximum atomic E-state index is 13.0. The number of hydrogen-bond acceptors (Lipinski definition) is 17. The summed E-state index contributed by atoms with van der Waals surface area (Å²) in [4.78, 5) is 101. The lowest BCUT2D eigenvalue weighted by atomic mass is 9.94. The number of hydroxylamine groups is 1. The first-order valence-corrected chi connectivity index (χ1v) is 38.8. The second kappa shape index (κ2) is 46.4. The highest BCUT2D eigenvalue weighted by atomic mass is 35.5. The molecule has 3 aliphatic rings. The van der Waals surface area contributed by atoms with Crippen molar-refractivity contribution in [1.29, 1.82) is 5.53 Å². The topological polar surface area (TPSA) is 370 Å². The summed E-state index contributed by atoms with van der Waals surface area (Å²) in [6.45, 7) is 20.9. The molecule has 25 nitrogen and oxygen atoms in total. The number of alkyl carbamates (subject to hydrolysis) is 1. The molecule has 6 amide bonds. The Morgan fingerprint density at radius 1 is 0.479 bits per heavy atom. The first-order valence-electron chi connectivity index (χ1n) is 38.4. The molecular formula is C93H109ClN12O13. The van der Waals surface area contributed by atoms with Gasteiger partial charge in [0.1, 0.15) is 29.3 Å². The number of carbonyl (C=O) groups excluding carboxylic acids is 8. The lowest BCUT2D eigenvalue weighted by Crippen LogP contribution is -2.62. The number of nitrogens with one attached hydrogen (secondary N) is 6. The summed E-state index contributed by atoms with van der Waals surface area (Å²) in [7, 11) is 2.46. The highest BCUT2D eigenvalue weighted by Gasteiger charge is 2.41. The molecule has 3 saturated carbocycles. The molecule has 6 aromatic carbocycles. The van der Waals surface area contributed by atoms with Crippen LogP contribution in [0.25, 0.3) is 0 Å². The number of aryl methyl sites for hydroxylation is 2. The third kappa shape index (κ3) is 36.2. The number of methoxy groups -OCH3 is 2. The number of hydrogen-bond donors (Lipinski definition) is 9. The third-order valence-corrected chi connectivity index (χ3v) is 18.0. The molecule has 11 N–H and O–H groups in total. The summed E-state index contributed by atoms with van der Waals surface area (Å²) < 4.78 is 23.1. The van der Waals surface area contributed by atoms with Gasteiger partial charge in [0.2, 0.25) is 0 Å². The minimum absolute atomic E-state index is 0. The van der Waals surface area contributed by atoms with Crippen LogP contribution in [0.2, 0.25) is 0 Å². The fraction of sp³-hybridized carbons (Fsp3) is 0.398. The molecule has 0 radical (unpaired) electrons. The van der Waals surface area contributed by atoms with Crippen LogP contribution in [0.5, 0.6) is 0 Å². The minimum atomic E-state index is -1.23. The average Bonchev–Trinajstić information content (AvgIpc) is 1.28. The van der Waals surface area contributed by atoms with Crippen molar-refractivity contribution in [2.45, 2.75) is 213 Å². The molecule has 3 fully saturated rings. The Bertz CT molecular complexity index is 4720. The van der Waals surface area contributed by atoms with E-state index >= 15 is 0 Å². The van der Waals surface area contributed by atoms with Crippen molar-refractivity contribution in [3.8, 4) is 71.0 Å². The van der Waals surface area contributed by atoms with Crippen molar-refractivity contribution in [1.82, 2.24) is 31.6 Å². The van der Waals surface area contributed by atoms with Crippen LogP contribution in [-0.4, -0.2) is 124 Å². The van der Waals surface area contributed by atoms with Gasteiger partial charge in [-0.1, -0.05) is 110 Å². The van der Waals surface area contributed by atoms with E-state index in [9.17, 15) is 38.4 Å². The number of carbonyl (C=O) groups is 8. The van der Waals surface area contributed by atoms with Crippen LogP contribution in [0, 0.1) is 88.4 Å². The summed E-state index contributed by atoms with van der Waals surface area (Å²) in [5.74, 6) is 33.4. The molecule has 9 rings (SSSR count). The van der Waals surface area contributed by atoms with Gasteiger partial charge in [0, 0.05) is 73.7 Å². The fourth-order valence-corrected chi connectivity index (χ4v) is 11.0. The summed E-state index contributed by atoms with van der Waals surface area (Å²) >= 11 is 4.55. The normalized spacial score (nSPS) is 13.2. The number of ether oxygens (including phenoxy) is 4. The number of nitrogens with two attached hydrogens (primary N) is 2. The number of halogens is 1. The van der Waals surface area contributed by atoms with E-state index in [1.54, 1.807) is 140 Å². The summed E-state index contributed by atoms with van der Waals surface area (Å²) in [6.07, 6.45) is 11.3. The summed E-state index contributed by atoms with van der Waals surface area (Å²) in [5.41, 5.74) is 24.3. The van der Waals surface area contributed by atoms with E-state index in [1.807, 2.05) is 69.3 Å². The number of nitrogens with zero attached hydrogens (tertiary/aromatic N) is 4. The smallest absolute Gasteiger partial charge is 0.410 e. The van der Waals surface area contributed by atoms with Crippen LogP contribution in [0.15, 0.2) is 161 Å². The van der Waals surface area contributed by atoms with Gasteiger partial charge in [-0.2, -0.15) is 5.53 Å². The standard InChI is InChI=1S/C37H45N3O7.C28H30N2O3.C27H29N3O3.CH4.ClHN4/c1-35(2,3)46-33(43)39-37(7,8)30(32(42)45-9)38-31(41)28-20-18-26(19-21-28)13-11-10-12-25-14-16-27(17-15-25)24-40(29-22-23-29)34(44)47-36(4,5)6;1-28(2,29)25(27(32)33-3)30-26(31)24-18-16-21(17-19-24)7-5-4-6-20-8-10-22(11-9-20)12-13-23-14-15-23;1-27(2,28)24(26(32)30-33)29-25(31)23-17-15-20(16-18-23)6-4-3-5-19-7-9-21(10-8-19)11-12-22-13-14-22;;1-3-5-4-2/h14-21,29-30H,22-24H2,1-9H3,(H,38,41)(H,39,43);8-11,16-19,23,25H,12-15,29H2,1-3H3,(H,30,31);7-10,15-18,22,24,33H,11-14,28H2,1-2H3,(H,29,31)(H,30,32);1H4;2H. The Morgan fingerprint density at radius 2 is 0.790 bits per heavy atom. The molecule has 3 unspecified atom stereocenters. The number of esters is 2. The van der Waals surface area contributed by atoms with Gasteiger partial charge in [0.25, 0.3) is 23.6 Å². The van der Waals surface area contributed by atoms with Crippen molar-refractivity contribution < 1.29 is 62.5 Å². The highest BCUT2D eigenvalue weighted by Crippen LogP contribution is 2.35. The number of rotatable bonds is 23. The predicted molar refractivity (Wildman–Crippen MR) is 457 cm³/mol. The van der Waals surface area contributed by atoms with Gasteiger partial charge < -0.3 is 56.6 Å². The van der Waals surface area contributed by atoms with Crippen molar-refractivity contribution in [2.24, 2.45) is 38.4 Å². The van der Waals surface area contributed by atoms with E-state index < -0.39 is 87.6 Å². The lowest BCUT2D eigenvalue weighted by Gasteiger charge is -2.34. The van der Waals surface area contributed by atoms with Crippen LogP contribution in [0.4, 0.5) is 9.59 Å². The van der Waals surface area contributed by atoms with E-state index in [4.69, 9.17) is 41.2 Å². The number of benzene rings is 6. The molecule has 3 aliphatic carbocycles. The van der Waals surface area contributed by atoms with E-state index in [0.29, 0.717) is 28.8 Å². The highest BCUT2D eigenvalue weighted by molar-refractivity contribution is 6.13. The Labute approximate surface area is 704 Å². The van der Waals surface area contributed by atoms with E-state index in [0.717, 1.165) is 65.3 Å². The minimum Gasteiger partial charge on any atom is -0.467 e. The zero-order valence-electron chi connectivity index (χ0n) is 69.3. The van der Waals surface area contributed by atoms with Crippen molar-refractivity contribution in [2.75, 3.05) is 14.2 Å². The van der Waals surface area contributed by atoms with Gasteiger partial charge in [-0.15, -0.1) is 0 Å². The van der Waals surface area contributed by atoms with Gasteiger partial charge in [0.05, 0.1) is 31.5 Å². The molecule has 0 spiro atoms. The van der Waals surface area contributed by atoms with Crippen LogP contribution in [0.1, 0.15) is 223 Å². The van der Waals surface area contributed by atoms with Crippen molar-refractivity contribution in [3.05, 3.63) is 212 Å². The molecule has 26 heteroatoms. The first kappa shape index (κ1) is 97.0. The average molecular weight is 1640 g/mol. The zero-order chi connectivity index (χ0) is 86.8. The maximum absolute atomic E-state index is 13.0. The molecular weight excluding hydrogens is 1530 g/mol. The van der Waals surface area contributed by atoms with Gasteiger partial charge in [-0.3, -0.25) is 24.4 Å². The second-order valence-electron chi connectivity index (χ2n) is 32.1. The largest absolute Gasteiger partial charge is 0.467 e. The fourth-order valence-electron chi connectivity index (χ4n) is 11.0. The molecule has 0 bridgehead atoms. The summed E-state index contributed by atoms with van der Waals surface area (Å²) in [6, 6.07) is 41.2. The van der Waals surface area contributed by atoms with Crippen LogP contribution in [0.3, 0.4) is 0 Å². The monoisotopic (exact) mass is 1640 g/mol. The van der Waals surface area contributed by atoms with Crippen LogP contribution in [-0.2, 0) is 52.7 Å². The molecule has 0 aliphatic heterocycles. The molecule has 6 aromatic rings. The van der Waals surface area contributed by atoms with Gasteiger partial charge in [-0.05, 0) is 305 Å². The number of amides is 6. The summed E-state index contributed by atoms with van der Waals surface area (Å²) in [5, 5.41) is 24.4. The van der Waals surface area contributed by atoms with Crippen molar-refractivity contribution >= 4 is 59.5 Å². The predicted octanol–water partition coefficient (Wildman–Crippen LogP) is 14.0. The molecule has 3 atom stereocenters. The van der Waals surface area contributed by atoms with Gasteiger partial charge >= 0.3 is 24.1 Å². The van der Waals surface area contributed by atoms with E-state index in [2.05, 4.69) is 143 Å². The molecule has 0 heterocycles.